The first-order chi connectivity index (χ1) is 11.3. The maximum atomic E-state index is 12.1. The lowest BCUT2D eigenvalue weighted by molar-refractivity contribution is 0.251. The number of hydrogen-bond acceptors (Lipinski definition) is 4. The van der Waals surface area contributed by atoms with Crippen molar-refractivity contribution in [1.82, 2.24) is 19.9 Å². The highest BCUT2D eigenvalue weighted by Crippen LogP contribution is 2.29. The van der Waals surface area contributed by atoms with E-state index >= 15 is 0 Å². The van der Waals surface area contributed by atoms with Crippen LogP contribution in [-0.4, -0.2) is 20.6 Å². The summed E-state index contributed by atoms with van der Waals surface area (Å²) in [7, 11) is 0. The van der Waals surface area contributed by atoms with Crippen LogP contribution in [0.5, 0.6) is 0 Å². The molecule has 0 bridgehead atoms. The maximum Gasteiger partial charge on any atom is 0.320 e. The number of fused-ring (bicyclic) bond motifs is 2. The fourth-order valence-corrected chi connectivity index (χ4v) is 4.10. The summed E-state index contributed by atoms with van der Waals surface area (Å²) in [6, 6.07) is 5.51. The van der Waals surface area contributed by atoms with Crippen molar-refractivity contribution in [2.24, 2.45) is 0 Å². The van der Waals surface area contributed by atoms with Crippen LogP contribution >= 0.6 is 11.3 Å². The van der Waals surface area contributed by atoms with Crippen LogP contribution in [0.1, 0.15) is 28.2 Å². The van der Waals surface area contributed by atoms with Crippen molar-refractivity contribution in [2.45, 2.75) is 32.2 Å². The van der Waals surface area contributed by atoms with Gasteiger partial charge in [-0.1, -0.05) is 0 Å². The second-order valence-corrected chi connectivity index (χ2v) is 6.83. The zero-order valence-corrected chi connectivity index (χ0v) is 13.4. The SMILES string of the molecule is O=C(NCc1cc2c(s1)CCCC2)Nc1ccnc2ccnn12. The van der Waals surface area contributed by atoms with E-state index in [1.807, 2.05) is 11.3 Å². The Morgan fingerprint density at radius 1 is 1.26 bits per heavy atom. The molecule has 1 aliphatic carbocycles. The van der Waals surface area contributed by atoms with Crippen LogP contribution in [0.4, 0.5) is 10.6 Å². The average molecular weight is 327 g/mol. The molecule has 0 fully saturated rings. The number of carbonyl (C=O) groups is 1. The molecule has 2 amide bonds. The van der Waals surface area contributed by atoms with Crippen LogP contribution in [0, 0.1) is 0 Å². The van der Waals surface area contributed by atoms with Gasteiger partial charge in [-0.3, -0.25) is 5.32 Å². The summed E-state index contributed by atoms with van der Waals surface area (Å²) in [6.07, 6.45) is 8.22. The largest absolute Gasteiger partial charge is 0.333 e. The smallest absolute Gasteiger partial charge is 0.320 e. The highest BCUT2D eigenvalue weighted by molar-refractivity contribution is 7.12. The van der Waals surface area contributed by atoms with Crippen molar-refractivity contribution in [3.63, 3.8) is 0 Å². The Balaban J connectivity index is 1.40. The van der Waals surface area contributed by atoms with E-state index in [1.165, 1.54) is 41.0 Å². The molecule has 3 aromatic heterocycles. The molecular formula is C16H17N5OS. The summed E-state index contributed by atoms with van der Waals surface area (Å²) in [5.41, 5.74) is 2.17. The van der Waals surface area contributed by atoms with Gasteiger partial charge in [0.2, 0.25) is 0 Å². The molecule has 118 valence electrons. The molecule has 3 heterocycles. The number of anilines is 1. The lowest BCUT2D eigenvalue weighted by Gasteiger charge is -2.08. The standard InChI is InChI=1S/C16H17N5OS/c22-16(20-15-5-7-17-14-6-8-19-21(14)15)18-10-12-9-11-3-1-2-4-13(11)23-12/h5-9H,1-4,10H2,(H2,18,20,22). The molecule has 0 aliphatic heterocycles. The minimum Gasteiger partial charge on any atom is -0.333 e. The first-order valence-corrected chi connectivity index (χ1v) is 8.55. The van der Waals surface area contributed by atoms with Gasteiger partial charge < -0.3 is 5.32 Å². The molecule has 0 atom stereocenters. The molecule has 7 heteroatoms. The molecule has 1 aliphatic rings. The zero-order chi connectivity index (χ0) is 15.6. The molecule has 6 nitrogen and oxygen atoms in total. The lowest BCUT2D eigenvalue weighted by Crippen LogP contribution is -2.28. The summed E-state index contributed by atoms with van der Waals surface area (Å²) in [4.78, 5) is 19.0. The van der Waals surface area contributed by atoms with Crippen molar-refractivity contribution in [2.75, 3.05) is 5.32 Å². The summed E-state index contributed by atoms with van der Waals surface area (Å²) in [5, 5.41) is 9.88. The minimum atomic E-state index is -0.237. The number of thiophene rings is 1. The van der Waals surface area contributed by atoms with E-state index in [-0.39, 0.29) is 6.03 Å². The third kappa shape index (κ3) is 2.92. The fraction of sp³-hybridized carbons (Fsp3) is 0.312. The topological polar surface area (TPSA) is 71.3 Å². The van der Waals surface area contributed by atoms with Gasteiger partial charge in [0.15, 0.2) is 5.65 Å². The predicted molar refractivity (Wildman–Crippen MR) is 89.8 cm³/mol. The van der Waals surface area contributed by atoms with Crippen LogP contribution in [0.3, 0.4) is 0 Å². The van der Waals surface area contributed by atoms with Crippen molar-refractivity contribution < 1.29 is 4.79 Å². The molecule has 0 spiro atoms. The van der Waals surface area contributed by atoms with Gasteiger partial charge in [-0.2, -0.15) is 9.61 Å². The monoisotopic (exact) mass is 327 g/mol. The van der Waals surface area contributed by atoms with Gasteiger partial charge in [0.25, 0.3) is 0 Å². The molecule has 2 N–H and O–H groups in total. The predicted octanol–water partition coefficient (Wildman–Crippen LogP) is 2.99. The van der Waals surface area contributed by atoms with Gasteiger partial charge >= 0.3 is 6.03 Å². The summed E-state index contributed by atoms with van der Waals surface area (Å²) in [6.45, 7) is 0.552. The van der Waals surface area contributed by atoms with Crippen LogP contribution in [0.15, 0.2) is 30.6 Å². The highest BCUT2D eigenvalue weighted by Gasteiger charge is 2.14. The Bertz CT molecular complexity index is 830. The number of urea groups is 1. The number of carbonyl (C=O) groups excluding carboxylic acids is 1. The van der Waals surface area contributed by atoms with Crippen LogP contribution in [0.25, 0.3) is 5.65 Å². The Hall–Kier alpha value is -2.41. The quantitative estimate of drug-likeness (QED) is 0.777. The van der Waals surface area contributed by atoms with Gasteiger partial charge in [0.1, 0.15) is 5.82 Å². The van der Waals surface area contributed by atoms with Crippen LogP contribution < -0.4 is 10.6 Å². The van der Waals surface area contributed by atoms with Crippen LogP contribution in [0.2, 0.25) is 0 Å². The van der Waals surface area contributed by atoms with Crippen molar-refractivity contribution in [3.8, 4) is 0 Å². The van der Waals surface area contributed by atoms with E-state index in [1.54, 1.807) is 29.0 Å². The number of rotatable bonds is 3. The first kappa shape index (κ1) is 14.2. The number of nitrogens with one attached hydrogen (secondary N) is 2. The van der Waals surface area contributed by atoms with Crippen molar-refractivity contribution in [3.05, 3.63) is 45.9 Å². The third-order valence-corrected chi connectivity index (χ3v) is 5.24. The van der Waals surface area contributed by atoms with Gasteiger partial charge in [-0.25, -0.2) is 9.78 Å². The van der Waals surface area contributed by atoms with Gasteiger partial charge in [-0.05, 0) is 43.4 Å². The molecule has 0 saturated heterocycles. The average Bonchev–Trinajstić information content (AvgIpc) is 3.19. The number of nitrogens with zero attached hydrogens (tertiary/aromatic N) is 3. The first-order valence-electron chi connectivity index (χ1n) is 7.74. The number of hydrogen-bond donors (Lipinski definition) is 2. The Morgan fingerprint density at radius 3 is 3.09 bits per heavy atom. The number of aryl methyl sites for hydroxylation is 2. The molecule has 0 radical (unpaired) electrons. The Labute approximate surface area is 137 Å². The van der Waals surface area contributed by atoms with Crippen LogP contribution in [-0.2, 0) is 19.4 Å². The van der Waals surface area contributed by atoms with E-state index in [4.69, 9.17) is 0 Å². The number of amides is 2. The van der Waals surface area contributed by atoms with E-state index in [0.29, 0.717) is 18.0 Å². The molecule has 0 aromatic carbocycles. The molecular weight excluding hydrogens is 310 g/mol. The van der Waals surface area contributed by atoms with E-state index in [0.717, 1.165) is 0 Å². The Morgan fingerprint density at radius 2 is 2.17 bits per heavy atom. The molecule has 4 rings (SSSR count). The lowest BCUT2D eigenvalue weighted by atomic mass is 9.99. The number of aromatic nitrogens is 3. The van der Waals surface area contributed by atoms with E-state index in [9.17, 15) is 4.79 Å². The second kappa shape index (κ2) is 6.00. The molecule has 3 aromatic rings. The summed E-state index contributed by atoms with van der Waals surface area (Å²) >= 11 is 1.82. The van der Waals surface area contributed by atoms with Crippen molar-refractivity contribution >= 4 is 28.8 Å². The summed E-state index contributed by atoms with van der Waals surface area (Å²) < 4.78 is 1.60. The molecule has 0 saturated carbocycles. The molecule has 0 unspecified atom stereocenters. The van der Waals surface area contributed by atoms with Gasteiger partial charge in [0.05, 0.1) is 12.7 Å². The molecule has 23 heavy (non-hydrogen) atoms. The maximum absolute atomic E-state index is 12.1. The Kier molecular flexibility index (Phi) is 3.70. The van der Waals surface area contributed by atoms with Crippen molar-refractivity contribution in [1.29, 1.82) is 0 Å². The van der Waals surface area contributed by atoms with Gasteiger partial charge in [0, 0.05) is 22.0 Å². The van der Waals surface area contributed by atoms with E-state index in [2.05, 4.69) is 26.8 Å². The third-order valence-electron chi connectivity index (χ3n) is 4.00. The van der Waals surface area contributed by atoms with Gasteiger partial charge in [-0.15, -0.1) is 11.3 Å². The highest BCUT2D eigenvalue weighted by atomic mass is 32.1. The normalized spacial score (nSPS) is 13.7. The summed E-state index contributed by atoms with van der Waals surface area (Å²) in [5.74, 6) is 0.600. The fourth-order valence-electron chi connectivity index (χ4n) is 2.90. The second-order valence-electron chi connectivity index (χ2n) is 5.61. The minimum absolute atomic E-state index is 0.237. The van der Waals surface area contributed by atoms with E-state index < -0.39 is 0 Å². The zero-order valence-electron chi connectivity index (χ0n) is 12.6.